The highest BCUT2D eigenvalue weighted by atomic mass is 19.1. The second-order valence-corrected chi connectivity index (χ2v) is 3.35. The van der Waals surface area contributed by atoms with E-state index in [2.05, 4.69) is 6.58 Å². The molecule has 2 N–H and O–H groups in total. The van der Waals surface area contributed by atoms with Gasteiger partial charge in [-0.25, -0.2) is 4.39 Å². The molecular formula is C11H12FNO. The van der Waals surface area contributed by atoms with Crippen molar-refractivity contribution < 1.29 is 9.13 Å². The minimum atomic E-state index is -0.327. The average molecular weight is 193 g/mol. The predicted octanol–water partition coefficient (Wildman–Crippen LogP) is 1.95. The summed E-state index contributed by atoms with van der Waals surface area (Å²) in [6.45, 7) is 4.14. The Morgan fingerprint density at radius 3 is 3.07 bits per heavy atom. The van der Waals surface area contributed by atoms with Crippen LogP contribution in [0.25, 0.3) is 0 Å². The van der Waals surface area contributed by atoms with Crippen molar-refractivity contribution in [2.75, 3.05) is 6.61 Å². The Hall–Kier alpha value is -1.35. The lowest BCUT2D eigenvalue weighted by Gasteiger charge is -2.09. The van der Waals surface area contributed by atoms with Crippen LogP contribution >= 0.6 is 0 Å². The zero-order chi connectivity index (χ0) is 10.1. The second-order valence-electron chi connectivity index (χ2n) is 3.35. The highest BCUT2D eigenvalue weighted by molar-refractivity contribution is 5.42. The number of benzene rings is 1. The molecule has 0 radical (unpaired) electrons. The number of nitrogens with two attached hydrogens (primary N) is 1. The summed E-state index contributed by atoms with van der Waals surface area (Å²) in [5.41, 5.74) is 7.38. The van der Waals surface area contributed by atoms with Crippen LogP contribution in [0.15, 0.2) is 24.8 Å². The largest absolute Gasteiger partial charge is 0.490 e. The van der Waals surface area contributed by atoms with Crippen molar-refractivity contribution in [1.29, 1.82) is 0 Å². The zero-order valence-electron chi connectivity index (χ0n) is 7.79. The Labute approximate surface area is 82.2 Å². The summed E-state index contributed by atoms with van der Waals surface area (Å²) in [4.78, 5) is 0. The molecule has 0 spiro atoms. The Balaban J connectivity index is 2.46. The van der Waals surface area contributed by atoms with Crippen molar-refractivity contribution in [2.24, 2.45) is 5.73 Å². The van der Waals surface area contributed by atoms with E-state index in [0.717, 1.165) is 17.5 Å². The monoisotopic (exact) mass is 193 g/mol. The molecule has 3 heteroatoms. The number of hydrogen-bond acceptors (Lipinski definition) is 2. The van der Waals surface area contributed by atoms with Crippen molar-refractivity contribution in [2.45, 2.75) is 12.5 Å². The highest BCUT2D eigenvalue weighted by Gasteiger charge is 2.18. The lowest BCUT2D eigenvalue weighted by molar-refractivity contribution is 0.339. The molecule has 2 nitrogen and oxygen atoms in total. The van der Waals surface area contributed by atoms with Gasteiger partial charge in [0.1, 0.15) is 0 Å². The third-order valence-electron chi connectivity index (χ3n) is 2.40. The maximum Gasteiger partial charge on any atom is 0.165 e. The first-order chi connectivity index (χ1) is 6.72. The fourth-order valence-electron chi connectivity index (χ4n) is 1.61. The topological polar surface area (TPSA) is 35.2 Å². The van der Waals surface area contributed by atoms with Crippen molar-refractivity contribution in [3.8, 4) is 5.75 Å². The third kappa shape index (κ3) is 1.40. The number of ether oxygens (including phenoxy) is 1. The van der Waals surface area contributed by atoms with Gasteiger partial charge in [-0.15, -0.1) is 6.58 Å². The normalized spacial score (nSPS) is 15.9. The molecular weight excluding hydrogens is 181 g/mol. The van der Waals surface area contributed by atoms with E-state index < -0.39 is 0 Å². The molecule has 0 aromatic heterocycles. The molecule has 1 aliphatic rings. The molecule has 1 aliphatic heterocycles. The van der Waals surface area contributed by atoms with Gasteiger partial charge in [-0.2, -0.15) is 0 Å². The highest BCUT2D eigenvalue weighted by Crippen LogP contribution is 2.31. The maximum absolute atomic E-state index is 13.4. The van der Waals surface area contributed by atoms with Crippen LogP contribution in [0.5, 0.6) is 5.75 Å². The molecule has 1 aromatic carbocycles. The Morgan fingerprint density at radius 2 is 2.36 bits per heavy atom. The summed E-state index contributed by atoms with van der Waals surface area (Å²) in [6, 6.07) is 2.99. The maximum atomic E-state index is 13.4. The van der Waals surface area contributed by atoms with Gasteiger partial charge in [-0.3, -0.25) is 0 Å². The molecule has 14 heavy (non-hydrogen) atoms. The molecule has 0 saturated carbocycles. The van der Waals surface area contributed by atoms with Crippen LogP contribution < -0.4 is 10.5 Å². The van der Waals surface area contributed by atoms with E-state index in [1.54, 1.807) is 6.08 Å². The van der Waals surface area contributed by atoms with Crippen molar-refractivity contribution in [1.82, 2.24) is 0 Å². The number of halogens is 1. The SMILES string of the molecule is C=CC(N)c1cc(F)c2c(c1)CCO2. The molecule has 1 unspecified atom stereocenters. The molecule has 1 heterocycles. The lowest BCUT2D eigenvalue weighted by atomic mass is 10.0. The summed E-state index contributed by atoms with van der Waals surface area (Å²) in [6.07, 6.45) is 2.35. The van der Waals surface area contributed by atoms with Gasteiger partial charge in [0.2, 0.25) is 0 Å². The second kappa shape index (κ2) is 3.42. The molecule has 1 aromatic rings. The van der Waals surface area contributed by atoms with Crippen LogP contribution in [0.4, 0.5) is 4.39 Å². The lowest BCUT2D eigenvalue weighted by Crippen LogP contribution is -2.07. The van der Waals surface area contributed by atoms with Gasteiger partial charge in [0.25, 0.3) is 0 Å². The molecule has 74 valence electrons. The summed E-state index contributed by atoms with van der Waals surface area (Å²) in [5, 5.41) is 0. The smallest absolute Gasteiger partial charge is 0.165 e. The van der Waals surface area contributed by atoms with Crippen LogP contribution in [0.1, 0.15) is 17.2 Å². The minimum absolute atomic E-state index is 0.310. The van der Waals surface area contributed by atoms with E-state index in [-0.39, 0.29) is 11.9 Å². The van der Waals surface area contributed by atoms with Crippen LogP contribution in [0.3, 0.4) is 0 Å². The molecule has 0 fully saturated rings. The summed E-state index contributed by atoms with van der Waals surface area (Å²) in [5.74, 6) is 0.0531. The van der Waals surface area contributed by atoms with E-state index in [1.165, 1.54) is 6.07 Å². The third-order valence-corrected chi connectivity index (χ3v) is 2.40. The molecule has 2 rings (SSSR count). The fraction of sp³-hybridized carbons (Fsp3) is 0.273. The van der Waals surface area contributed by atoms with E-state index in [9.17, 15) is 4.39 Å². The van der Waals surface area contributed by atoms with Crippen LogP contribution in [-0.2, 0) is 6.42 Å². The van der Waals surface area contributed by atoms with Gasteiger partial charge < -0.3 is 10.5 Å². The first kappa shape index (κ1) is 9.21. The van der Waals surface area contributed by atoms with Gasteiger partial charge in [-0.05, 0) is 17.7 Å². The van der Waals surface area contributed by atoms with E-state index >= 15 is 0 Å². The Morgan fingerprint density at radius 1 is 1.57 bits per heavy atom. The summed E-state index contributed by atoms with van der Waals surface area (Å²) in [7, 11) is 0. The van der Waals surface area contributed by atoms with E-state index in [4.69, 9.17) is 10.5 Å². The summed E-state index contributed by atoms with van der Waals surface area (Å²) < 4.78 is 18.6. The number of hydrogen-bond donors (Lipinski definition) is 1. The van der Waals surface area contributed by atoms with Crippen molar-refractivity contribution in [3.05, 3.63) is 41.7 Å². The minimum Gasteiger partial charge on any atom is -0.490 e. The van der Waals surface area contributed by atoms with Gasteiger partial charge in [0.15, 0.2) is 11.6 Å². The van der Waals surface area contributed by atoms with Crippen molar-refractivity contribution in [3.63, 3.8) is 0 Å². The molecule has 0 bridgehead atoms. The first-order valence-corrected chi connectivity index (χ1v) is 4.55. The predicted molar refractivity (Wildman–Crippen MR) is 52.7 cm³/mol. The molecule has 1 atom stereocenters. The summed E-state index contributed by atoms with van der Waals surface area (Å²) >= 11 is 0. The van der Waals surface area contributed by atoms with Crippen LogP contribution in [0, 0.1) is 5.82 Å². The van der Waals surface area contributed by atoms with Crippen LogP contribution in [-0.4, -0.2) is 6.61 Å². The van der Waals surface area contributed by atoms with Gasteiger partial charge in [0.05, 0.1) is 6.61 Å². The van der Waals surface area contributed by atoms with E-state index in [0.29, 0.717) is 12.4 Å². The Kier molecular flexibility index (Phi) is 2.25. The van der Waals surface area contributed by atoms with Crippen molar-refractivity contribution >= 4 is 0 Å². The van der Waals surface area contributed by atoms with E-state index in [1.807, 2.05) is 6.07 Å². The molecule has 0 amide bonds. The number of fused-ring (bicyclic) bond motifs is 1. The Bertz CT molecular complexity index is 376. The average Bonchev–Trinajstić information content (AvgIpc) is 2.64. The molecule has 0 saturated heterocycles. The van der Waals surface area contributed by atoms with Crippen LogP contribution in [0.2, 0.25) is 0 Å². The fourth-order valence-corrected chi connectivity index (χ4v) is 1.61. The quantitative estimate of drug-likeness (QED) is 0.728. The standard InChI is InChI=1S/C11H12FNO/c1-2-10(13)8-5-7-3-4-14-11(7)9(12)6-8/h2,5-6,10H,1,3-4,13H2. The zero-order valence-corrected chi connectivity index (χ0v) is 7.79. The van der Waals surface area contributed by atoms with Gasteiger partial charge >= 0.3 is 0 Å². The van der Waals surface area contributed by atoms with Gasteiger partial charge in [-0.1, -0.05) is 6.08 Å². The molecule has 0 aliphatic carbocycles. The number of rotatable bonds is 2. The first-order valence-electron chi connectivity index (χ1n) is 4.55. The van der Waals surface area contributed by atoms with Gasteiger partial charge in [0, 0.05) is 18.0 Å².